The zero-order valence-electron chi connectivity index (χ0n) is 13.8. The first-order valence-electron chi connectivity index (χ1n) is 7.79. The molecule has 2 aromatic rings. The Balaban J connectivity index is 1.99. The number of nitriles is 1. The van der Waals surface area contributed by atoms with Crippen LogP contribution in [0, 0.1) is 11.3 Å². The van der Waals surface area contributed by atoms with Crippen molar-refractivity contribution >= 4 is 17.5 Å². The average molecular weight is 357 g/mol. The second-order valence-corrected chi connectivity index (χ2v) is 6.91. The molecule has 0 fully saturated rings. The molecule has 1 aliphatic rings. The van der Waals surface area contributed by atoms with Crippen molar-refractivity contribution in [1.82, 2.24) is 5.32 Å². The molecule has 0 saturated carbocycles. The summed E-state index contributed by atoms with van der Waals surface area (Å²) in [6, 6.07) is 12.9. The van der Waals surface area contributed by atoms with Crippen molar-refractivity contribution in [2.45, 2.75) is 31.6 Å². The Hall–Kier alpha value is -2.55. The van der Waals surface area contributed by atoms with Gasteiger partial charge >= 0.3 is 0 Å². The molecule has 1 amide bonds. The van der Waals surface area contributed by atoms with E-state index in [1.165, 1.54) is 0 Å². The van der Waals surface area contributed by atoms with Gasteiger partial charge in [-0.15, -0.1) is 0 Å². The van der Waals surface area contributed by atoms with Crippen LogP contribution in [-0.2, 0) is 0 Å². The van der Waals surface area contributed by atoms with Gasteiger partial charge in [-0.25, -0.2) is 0 Å². The first-order valence-corrected chi connectivity index (χ1v) is 8.17. The molecule has 6 heteroatoms. The highest BCUT2D eigenvalue weighted by molar-refractivity contribution is 6.30. The Labute approximate surface area is 150 Å². The summed E-state index contributed by atoms with van der Waals surface area (Å²) in [6.45, 7) is 3.49. The number of fused-ring (bicyclic) bond motifs is 1. The van der Waals surface area contributed by atoms with Crippen LogP contribution in [0.25, 0.3) is 0 Å². The fourth-order valence-electron chi connectivity index (χ4n) is 2.88. The second kappa shape index (κ2) is 6.40. The fraction of sp³-hybridized carbons (Fsp3) is 0.263. The maximum absolute atomic E-state index is 12.6. The Morgan fingerprint density at radius 1 is 1.32 bits per heavy atom. The normalized spacial score (nSPS) is 20.8. The lowest BCUT2D eigenvalue weighted by molar-refractivity contribution is -0.0627. The Bertz CT molecular complexity index is 873. The molecule has 0 radical (unpaired) electrons. The van der Waals surface area contributed by atoms with E-state index in [2.05, 4.69) is 11.4 Å². The number of benzene rings is 2. The van der Waals surface area contributed by atoms with E-state index >= 15 is 0 Å². The van der Waals surface area contributed by atoms with E-state index in [-0.39, 0.29) is 5.91 Å². The lowest BCUT2D eigenvalue weighted by Gasteiger charge is -2.42. The summed E-state index contributed by atoms with van der Waals surface area (Å²) in [5, 5.41) is 23.1. The van der Waals surface area contributed by atoms with Crippen molar-refractivity contribution < 1.29 is 14.6 Å². The average Bonchev–Trinajstić information content (AvgIpc) is 2.58. The molecular weight excluding hydrogens is 340 g/mol. The molecular formula is C19H17ClN2O3. The molecule has 0 aromatic heterocycles. The van der Waals surface area contributed by atoms with Crippen LogP contribution >= 0.6 is 11.6 Å². The van der Waals surface area contributed by atoms with Gasteiger partial charge in [0.2, 0.25) is 0 Å². The highest BCUT2D eigenvalue weighted by Gasteiger charge is 2.43. The molecule has 0 spiro atoms. The van der Waals surface area contributed by atoms with E-state index in [4.69, 9.17) is 21.6 Å². The Morgan fingerprint density at radius 2 is 2.08 bits per heavy atom. The van der Waals surface area contributed by atoms with Gasteiger partial charge in [0.15, 0.2) is 0 Å². The van der Waals surface area contributed by atoms with Crippen LogP contribution in [0.3, 0.4) is 0 Å². The van der Waals surface area contributed by atoms with Crippen LogP contribution < -0.4 is 10.1 Å². The first-order chi connectivity index (χ1) is 11.8. The number of ether oxygens (including phenoxy) is 1. The monoisotopic (exact) mass is 356 g/mol. The molecule has 2 aromatic carbocycles. The van der Waals surface area contributed by atoms with E-state index in [1.807, 2.05) is 0 Å². The van der Waals surface area contributed by atoms with Crippen molar-refractivity contribution in [2.75, 3.05) is 0 Å². The molecule has 25 heavy (non-hydrogen) atoms. The largest absolute Gasteiger partial charge is 0.485 e. The van der Waals surface area contributed by atoms with E-state index in [9.17, 15) is 9.90 Å². The summed E-state index contributed by atoms with van der Waals surface area (Å²) in [4.78, 5) is 12.6. The van der Waals surface area contributed by atoms with Gasteiger partial charge in [-0.05, 0) is 50.2 Å². The molecule has 128 valence electrons. The Kier molecular flexibility index (Phi) is 4.42. The van der Waals surface area contributed by atoms with Gasteiger partial charge in [0.05, 0.1) is 17.7 Å². The van der Waals surface area contributed by atoms with Gasteiger partial charge < -0.3 is 15.2 Å². The molecule has 2 N–H and O–H groups in total. The minimum Gasteiger partial charge on any atom is -0.485 e. The fourth-order valence-corrected chi connectivity index (χ4v) is 3.07. The number of nitrogens with zero attached hydrogens (tertiary/aromatic N) is 1. The van der Waals surface area contributed by atoms with E-state index in [0.29, 0.717) is 27.5 Å². The minimum atomic E-state index is -0.989. The lowest BCUT2D eigenvalue weighted by Crippen LogP contribution is -2.53. The number of carbonyl (C=O) groups is 1. The number of aliphatic hydroxyl groups is 1. The number of carbonyl (C=O) groups excluding carboxylic acids is 1. The van der Waals surface area contributed by atoms with E-state index in [0.717, 1.165) is 0 Å². The smallest absolute Gasteiger partial charge is 0.251 e. The maximum atomic E-state index is 12.6. The molecule has 0 saturated heterocycles. The molecule has 0 unspecified atom stereocenters. The van der Waals surface area contributed by atoms with Crippen molar-refractivity contribution in [3.8, 4) is 11.8 Å². The highest BCUT2D eigenvalue weighted by Crippen LogP contribution is 2.40. The lowest BCUT2D eigenvalue weighted by atomic mass is 9.85. The number of halogens is 1. The summed E-state index contributed by atoms with van der Waals surface area (Å²) in [7, 11) is 0. The SMILES string of the molecule is CC1(C)Oc2ccc(C#N)cc2[C@H](NC(=O)c2cccc(Cl)c2)[C@H]1O. The number of nitrogens with one attached hydrogen (secondary N) is 1. The molecule has 1 aliphatic heterocycles. The molecule has 1 heterocycles. The summed E-state index contributed by atoms with van der Waals surface area (Å²) in [5.74, 6) is 0.170. The molecule has 0 aliphatic carbocycles. The Morgan fingerprint density at radius 3 is 2.76 bits per heavy atom. The van der Waals surface area contributed by atoms with Crippen molar-refractivity contribution in [3.63, 3.8) is 0 Å². The third kappa shape index (κ3) is 3.32. The third-order valence-corrected chi connectivity index (χ3v) is 4.48. The highest BCUT2D eigenvalue weighted by atomic mass is 35.5. The van der Waals surface area contributed by atoms with E-state index in [1.54, 1.807) is 56.3 Å². The number of hydrogen-bond acceptors (Lipinski definition) is 4. The van der Waals surface area contributed by atoms with Crippen molar-refractivity contribution in [2.24, 2.45) is 0 Å². The molecule has 2 atom stereocenters. The number of hydrogen-bond donors (Lipinski definition) is 2. The number of aliphatic hydroxyl groups excluding tert-OH is 1. The van der Waals surface area contributed by atoms with Crippen LogP contribution in [0.1, 0.15) is 41.4 Å². The molecule has 0 bridgehead atoms. The summed E-state index contributed by atoms with van der Waals surface area (Å²) < 4.78 is 5.84. The zero-order valence-corrected chi connectivity index (χ0v) is 14.5. The van der Waals surface area contributed by atoms with Crippen LogP contribution in [0.2, 0.25) is 5.02 Å². The van der Waals surface area contributed by atoms with Gasteiger partial charge in [-0.3, -0.25) is 4.79 Å². The van der Waals surface area contributed by atoms with Crippen LogP contribution in [0.4, 0.5) is 0 Å². The number of rotatable bonds is 2. The summed E-state index contributed by atoms with van der Waals surface area (Å²) in [6.07, 6.45) is -0.989. The molecule has 3 rings (SSSR count). The standard InChI is InChI=1S/C19H17ClN2O3/c1-19(2)17(23)16(14-8-11(10-21)6-7-15(14)25-19)22-18(24)12-4-3-5-13(20)9-12/h3-9,16-17,23H,1-2H3,(H,22,24)/t16-,17+/m0/s1. The van der Waals surface area contributed by atoms with Gasteiger partial charge in [-0.1, -0.05) is 17.7 Å². The van der Waals surface area contributed by atoms with Crippen LogP contribution in [0.5, 0.6) is 5.75 Å². The van der Waals surface area contributed by atoms with Crippen molar-refractivity contribution in [1.29, 1.82) is 5.26 Å². The minimum absolute atomic E-state index is 0.363. The van der Waals surface area contributed by atoms with Gasteiger partial charge in [-0.2, -0.15) is 5.26 Å². The van der Waals surface area contributed by atoms with Gasteiger partial charge in [0, 0.05) is 16.1 Å². The topological polar surface area (TPSA) is 82.3 Å². The van der Waals surface area contributed by atoms with Crippen LogP contribution in [0.15, 0.2) is 42.5 Å². The second-order valence-electron chi connectivity index (χ2n) is 6.48. The van der Waals surface area contributed by atoms with Gasteiger partial charge in [0.1, 0.15) is 17.5 Å². The maximum Gasteiger partial charge on any atom is 0.251 e. The summed E-state index contributed by atoms with van der Waals surface area (Å²) >= 11 is 5.94. The van der Waals surface area contributed by atoms with Crippen molar-refractivity contribution in [3.05, 3.63) is 64.2 Å². The zero-order chi connectivity index (χ0) is 18.2. The first kappa shape index (κ1) is 17.3. The van der Waals surface area contributed by atoms with E-state index < -0.39 is 17.7 Å². The predicted octanol–water partition coefficient (Wildman–Crippen LogP) is 3.21. The number of amides is 1. The summed E-state index contributed by atoms with van der Waals surface area (Å²) in [5.41, 5.74) is 0.493. The third-order valence-electron chi connectivity index (χ3n) is 4.25. The van der Waals surface area contributed by atoms with Gasteiger partial charge in [0.25, 0.3) is 5.91 Å². The quantitative estimate of drug-likeness (QED) is 0.865. The molecule has 5 nitrogen and oxygen atoms in total. The predicted molar refractivity (Wildman–Crippen MR) is 93.5 cm³/mol. The van der Waals surface area contributed by atoms with Crippen LogP contribution in [-0.4, -0.2) is 22.7 Å².